The van der Waals surface area contributed by atoms with Gasteiger partial charge in [0, 0.05) is 24.9 Å². The monoisotopic (exact) mass is 362 g/mol. The molecule has 25 heavy (non-hydrogen) atoms. The molecule has 0 aromatic carbocycles. The highest BCUT2D eigenvalue weighted by molar-refractivity contribution is 7.13. The number of aromatic nitrogens is 1. The van der Waals surface area contributed by atoms with Crippen molar-refractivity contribution >= 4 is 28.3 Å². The van der Waals surface area contributed by atoms with E-state index in [-0.39, 0.29) is 30.5 Å². The van der Waals surface area contributed by atoms with Crippen molar-refractivity contribution in [3.8, 4) is 0 Å². The van der Waals surface area contributed by atoms with Crippen LogP contribution in [0.1, 0.15) is 41.9 Å². The van der Waals surface area contributed by atoms with Crippen molar-refractivity contribution in [1.82, 2.24) is 15.2 Å². The lowest BCUT2D eigenvalue weighted by Crippen LogP contribution is -2.29. The fraction of sp³-hybridized carbons (Fsp3) is 0.471. The lowest BCUT2D eigenvalue weighted by atomic mass is 10.1. The Balaban J connectivity index is 1.38. The number of likely N-dealkylation sites (tertiary alicyclic amines) is 1. The Kier molecular flexibility index (Phi) is 6.19. The summed E-state index contributed by atoms with van der Waals surface area (Å²) in [6, 6.07) is 3.22. The summed E-state index contributed by atoms with van der Waals surface area (Å²) in [6.07, 6.45) is 5.43. The topological polar surface area (TPSA) is 87.5 Å². The minimum atomic E-state index is -0.323. The van der Waals surface area contributed by atoms with Crippen molar-refractivity contribution in [2.45, 2.75) is 32.2 Å². The summed E-state index contributed by atoms with van der Waals surface area (Å²) >= 11 is 1.43. The minimum absolute atomic E-state index is 0.168. The van der Waals surface area contributed by atoms with E-state index in [0.717, 1.165) is 25.3 Å². The summed E-state index contributed by atoms with van der Waals surface area (Å²) in [5.74, 6) is -0.253. The zero-order valence-corrected chi connectivity index (χ0v) is 14.8. The van der Waals surface area contributed by atoms with Crippen LogP contribution in [0.4, 0.5) is 5.13 Å². The molecule has 3 rings (SSSR count). The Bertz CT molecular complexity index is 693. The van der Waals surface area contributed by atoms with Gasteiger partial charge in [0.1, 0.15) is 0 Å². The molecule has 0 atom stereocenters. The zero-order valence-electron chi connectivity index (χ0n) is 14.0. The van der Waals surface area contributed by atoms with Crippen molar-refractivity contribution in [2.24, 2.45) is 0 Å². The Morgan fingerprint density at radius 3 is 2.88 bits per heavy atom. The molecule has 7 nitrogen and oxygen atoms in total. The number of nitrogens with one attached hydrogen (secondary N) is 2. The maximum absolute atomic E-state index is 12.0. The van der Waals surface area contributed by atoms with Crippen molar-refractivity contribution in [2.75, 3.05) is 25.0 Å². The lowest BCUT2D eigenvalue weighted by molar-refractivity contribution is -0.116. The molecule has 134 valence electrons. The average molecular weight is 362 g/mol. The molecule has 2 N–H and O–H groups in total. The van der Waals surface area contributed by atoms with Gasteiger partial charge in [0.25, 0.3) is 5.91 Å². The van der Waals surface area contributed by atoms with Gasteiger partial charge in [0.2, 0.25) is 5.91 Å². The molecule has 8 heteroatoms. The van der Waals surface area contributed by atoms with Crippen molar-refractivity contribution < 1.29 is 14.0 Å². The van der Waals surface area contributed by atoms with Crippen LogP contribution in [-0.2, 0) is 11.3 Å². The molecule has 1 saturated heterocycles. The summed E-state index contributed by atoms with van der Waals surface area (Å²) in [7, 11) is 0. The van der Waals surface area contributed by atoms with E-state index in [9.17, 15) is 9.59 Å². The number of hydrogen-bond donors (Lipinski definition) is 2. The fourth-order valence-corrected chi connectivity index (χ4v) is 3.47. The standard InChI is InChI=1S/C17H22N4O3S/c22-15(6-7-18-16(23)14-5-4-10-24-14)20-17-19-13(12-25-17)11-21-8-2-1-3-9-21/h4-5,10,12H,1-3,6-9,11H2,(H,18,23)(H,19,20,22). The highest BCUT2D eigenvalue weighted by atomic mass is 32.1. The van der Waals surface area contributed by atoms with Gasteiger partial charge in [-0.2, -0.15) is 0 Å². The number of furan rings is 1. The van der Waals surface area contributed by atoms with Gasteiger partial charge < -0.3 is 15.1 Å². The summed E-state index contributed by atoms with van der Waals surface area (Å²) in [6.45, 7) is 3.33. The van der Waals surface area contributed by atoms with Crippen LogP contribution in [0, 0.1) is 0 Å². The predicted molar refractivity (Wildman–Crippen MR) is 95.5 cm³/mol. The zero-order chi connectivity index (χ0) is 17.5. The van der Waals surface area contributed by atoms with Gasteiger partial charge in [-0.1, -0.05) is 6.42 Å². The van der Waals surface area contributed by atoms with E-state index in [1.807, 2.05) is 5.38 Å². The summed E-state index contributed by atoms with van der Waals surface area (Å²) in [4.78, 5) is 30.5. The Morgan fingerprint density at radius 1 is 1.28 bits per heavy atom. The van der Waals surface area contributed by atoms with Crippen LogP contribution in [0.25, 0.3) is 0 Å². The molecule has 0 unspecified atom stereocenters. The van der Waals surface area contributed by atoms with E-state index >= 15 is 0 Å². The van der Waals surface area contributed by atoms with Gasteiger partial charge in [0.05, 0.1) is 12.0 Å². The van der Waals surface area contributed by atoms with E-state index in [1.54, 1.807) is 12.1 Å². The number of thiazole rings is 1. The first-order valence-corrected chi connectivity index (χ1v) is 9.37. The van der Waals surface area contributed by atoms with Crippen LogP contribution < -0.4 is 10.6 Å². The maximum Gasteiger partial charge on any atom is 0.286 e. The van der Waals surface area contributed by atoms with E-state index in [0.29, 0.717) is 5.13 Å². The first kappa shape index (κ1) is 17.6. The van der Waals surface area contributed by atoms with E-state index in [2.05, 4.69) is 20.5 Å². The van der Waals surface area contributed by atoms with Gasteiger partial charge in [-0.3, -0.25) is 14.5 Å². The molecule has 0 aliphatic carbocycles. The van der Waals surface area contributed by atoms with Crippen LogP contribution >= 0.6 is 11.3 Å². The second-order valence-electron chi connectivity index (χ2n) is 6.01. The molecule has 0 saturated carbocycles. The molecule has 2 amide bonds. The molecule has 1 fully saturated rings. The Labute approximate surface area is 150 Å². The normalized spacial score (nSPS) is 15.0. The molecule has 1 aliphatic rings. The van der Waals surface area contributed by atoms with Crippen LogP contribution in [-0.4, -0.2) is 41.3 Å². The van der Waals surface area contributed by atoms with Crippen molar-refractivity contribution in [3.05, 3.63) is 35.2 Å². The van der Waals surface area contributed by atoms with E-state index in [1.165, 1.54) is 36.9 Å². The summed E-state index contributed by atoms with van der Waals surface area (Å²) in [5.41, 5.74) is 0.994. The smallest absolute Gasteiger partial charge is 0.286 e. The third kappa shape index (κ3) is 5.40. The first-order valence-electron chi connectivity index (χ1n) is 8.49. The molecular formula is C17H22N4O3S. The molecule has 2 aromatic rings. The SMILES string of the molecule is O=C(CCNC(=O)c1ccco1)Nc1nc(CN2CCCCC2)cs1. The average Bonchev–Trinajstić information content (AvgIpc) is 3.28. The van der Waals surface area contributed by atoms with E-state index in [4.69, 9.17) is 4.42 Å². The second-order valence-corrected chi connectivity index (χ2v) is 6.87. The number of nitrogens with zero attached hydrogens (tertiary/aromatic N) is 2. The van der Waals surface area contributed by atoms with Crippen LogP contribution in [0.15, 0.2) is 28.2 Å². The number of piperidine rings is 1. The minimum Gasteiger partial charge on any atom is -0.459 e. The lowest BCUT2D eigenvalue weighted by Gasteiger charge is -2.25. The molecular weight excluding hydrogens is 340 g/mol. The largest absolute Gasteiger partial charge is 0.459 e. The molecule has 1 aliphatic heterocycles. The van der Waals surface area contributed by atoms with Crippen LogP contribution in [0.5, 0.6) is 0 Å². The third-order valence-electron chi connectivity index (χ3n) is 4.01. The Hall–Kier alpha value is -2.19. The fourth-order valence-electron chi connectivity index (χ4n) is 2.75. The Morgan fingerprint density at radius 2 is 2.12 bits per heavy atom. The molecule has 0 spiro atoms. The molecule has 3 heterocycles. The molecule has 2 aromatic heterocycles. The number of carbonyl (C=O) groups is 2. The van der Waals surface area contributed by atoms with Gasteiger partial charge in [-0.15, -0.1) is 11.3 Å². The quantitative estimate of drug-likeness (QED) is 0.790. The highest BCUT2D eigenvalue weighted by Crippen LogP contribution is 2.18. The number of amides is 2. The van der Waals surface area contributed by atoms with Gasteiger partial charge >= 0.3 is 0 Å². The van der Waals surface area contributed by atoms with Gasteiger partial charge in [0.15, 0.2) is 10.9 Å². The predicted octanol–water partition coefficient (Wildman–Crippen LogP) is 2.48. The third-order valence-corrected chi connectivity index (χ3v) is 4.82. The van der Waals surface area contributed by atoms with Crippen LogP contribution in [0.2, 0.25) is 0 Å². The second kappa shape index (κ2) is 8.77. The number of anilines is 1. The van der Waals surface area contributed by atoms with Crippen LogP contribution in [0.3, 0.4) is 0 Å². The highest BCUT2D eigenvalue weighted by Gasteiger charge is 2.13. The number of carbonyl (C=O) groups excluding carboxylic acids is 2. The molecule has 0 radical (unpaired) electrons. The van der Waals surface area contributed by atoms with Gasteiger partial charge in [-0.25, -0.2) is 4.98 Å². The van der Waals surface area contributed by atoms with E-state index < -0.39 is 0 Å². The number of rotatable bonds is 7. The van der Waals surface area contributed by atoms with Gasteiger partial charge in [-0.05, 0) is 38.1 Å². The maximum atomic E-state index is 12.0. The molecule has 0 bridgehead atoms. The van der Waals surface area contributed by atoms with Crippen molar-refractivity contribution in [1.29, 1.82) is 0 Å². The first-order chi connectivity index (χ1) is 12.2. The number of hydrogen-bond acceptors (Lipinski definition) is 6. The summed E-state index contributed by atoms with van der Waals surface area (Å²) < 4.78 is 4.99. The summed E-state index contributed by atoms with van der Waals surface area (Å²) in [5, 5.41) is 8.02. The van der Waals surface area contributed by atoms with Crippen molar-refractivity contribution in [3.63, 3.8) is 0 Å².